The molecule has 0 aliphatic rings. The van der Waals surface area contributed by atoms with Crippen LogP contribution in [0.1, 0.15) is 25.5 Å². The van der Waals surface area contributed by atoms with Gasteiger partial charge < -0.3 is 4.42 Å². The summed E-state index contributed by atoms with van der Waals surface area (Å²) in [6.07, 6.45) is 4.78. The maximum atomic E-state index is 12.1. The van der Waals surface area contributed by atoms with Crippen LogP contribution < -0.4 is 10.6 Å². The van der Waals surface area contributed by atoms with Gasteiger partial charge in [-0.3, -0.25) is 15.4 Å². The van der Waals surface area contributed by atoms with Crippen LogP contribution in [-0.4, -0.2) is 31.2 Å². The number of tetrazole rings is 1. The number of thiocarbonyl (C=S) groups is 1. The molecule has 2 aromatic heterocycles. The molecule has 8 nitrogen and oxygen atoms in total. The first-order chi connectivity index (χ1) is 14.4. The molecule has 2 heterocycles. The second kappa shape index (κ2) is 10.3. The van der Waals surface area contributed by atoms with Crippen LogP contribution in [0.4, 0.5) is 5.95 Å². The summed E-state index contributed by atoms with van der Waals surface area (Å²) in [7, 11) is 0. The molecular weight excluding hydrogens is 447 g/mol. The zero-order valence-corrected chi connectivity index (χ0v) is 18.3. The Morgan fingerprint density at radius 3 is 2.90 bits per heavy atom. The van der Waals surface area contributed by atoms with E-state index in [4.69, 9.17) is 39.8 Å². The topological polar surface area (TPSA) is 97.9 Å². The average molecular weight is 465 g/mol. The van der Waals surface area contributed by atoms with Crippen LogP contribution in [0.15, 0.2) is 40.8 Å². The lowest BCUT2D eigenvalue weighted by Crippen LogP contribution is -2.33. The smallest absolute Gasteiger partial charge is 0.269 e. The van der Waals surface area contributed by atoms with Crippen molar-refractivity contribution in [3.05, 3.63) is 52.2 Å². The molecule has 30 heavy (non-hydrogen) atoms. The fourth-order valence-electron chi connectivity index (χ4n) is 2.41. The lowest BCUT2D eigenvalue weighted by molar-refractivity contribution is -0.115. The fraction of sp³-hybridized carbons (Fsp3) is 0.211. The van der Waals surface area contributed by atoms with Crippen molar-refractivity contribution in [1.29, 1.82) is 0 Å². The summed E-state index contributed by atoms with van der Waals surface area (Å²) < 4.78 is 5.70. The summed E-state index contributed by atoms with van der Waals surface area (Å²) in [4.78, 5) is 13.5. The zero-order chi connectivity index (χ0) is 21.5. The first-order valence-corrected chi connectivity index (χ1v) is 10.2. The Morgan fingerprint density at radius 2 is 2.13 bits per heavy atom. The van der Waals surface area contributed by atoms with E-state index in [1.807, 2.05) is 0 Å². The highest BCUT2D eigenvalue weighted by molar-refractivity contribution is 7.80. The molecule has 0 fully saturated rings. The maximum Gasteiger partial charge on any atom is 0.269 e. The second-order valence-corrected chi connectivity index (χ2v) is 7.42. The third-order valence-corrected chi connectivity index (χ3v) is 4.60. The van der Waals surface area contributed by atoms with E-state index < -0.39 is 5.91 Å². The first kappa shape index (κ1) is 21.9. The molecule has 0 aliphatic carbocycles. The molecule has 0 atom stereocenters. The number of rotatable bonds is 7. The number of anilines is 1. The summed E-state index contributed by atoms with van der Waals surface area (Å²) in [6, 6.07) is 8.60. The number of aromatic nitrogens is 4. The minimum atomic E-state index is -0.437. The van der Waals surface area contributed by atoms with Gasteiger partial charge in [0.05, 0.1) is 11.6 Å². The number of carbonyl (C=O) groups is 1. The first-order valence-electron chi connectivity index (χ1n) is 9.07. The number of hydrogen-bond donors (Lipinski definition) is 2. The predicted molar refractivity (Wildman–Crippen MR) is 120 cm³/mol. The van der Waals surface area contributed by atoms with Crippen LogP contribution in [0.25, 0.3) is 17.4 Å². The number of nitrogens with zero attached hydrogens (tertiary/aromatic N) is 4. The summed E-state index contributed by atoms with van der Waals surface area (Å²) in [5.41, 5.74) is 0.704. The zero-order valence-electron chi connectivity index (χ0n) is 15.9. The van der Waals surface area contributed by atoms with E-state index in [2.05, 4.69) is 33.0 Å². The quantitative estimate of drug-likeness (QED) is 0.390. The SMILES string of the molecule is CCCCn1nnc(NC(=S)NC(=O)/C=C/c2ccc(-c3ccc(Cl)cc3Cl)o2)n1. The van der Waals surface area contributed by atoms with Crippen LogP contribution >= 0.6 is 35.4 Å². The van der Waals surface area contributed by atoms with Crippen LogP contribution in [0, 0.1) is 0 Å². The number of amides is 1. The Bertz CT molecular complexity index is 1080. The van der Waals surface area contributed by atoms with Crippen molar-refractivity contribution in [2.24, 2.45) is 0 Å². The van der Waals surface area contributed by atoms with Gasteiger partial charge in [0.1, 0.15) is 11.5 Å². The minimum absolute atomic E-state index is 0.0628. The van der Waals surface area contributed by atoms with Crippen LogP contribution in [0.5, 0.6) is 0 Å². The van der Waals surface area contributed by atoms with Gasteiger partial charge in [-0.15, -0.1) is 5.10 Å². The number of hydrogen-bond acceptors (Lipinski definition) is 6. The van der Waals surface area contributed by atoms with Gasteiger partial charge in [-0.25, -0.2) is 0 Å². The molecule has 0 saturated carbocycles. The number of nitrogens with one attached hydrogen (secondary N) is 2. The minimum Gasteiger partial charge on any atom is -0.457 e. The molecule has 2 N–H and O–H groups in total. The fourth-order valence-corrected chi connectivity index (χ4v) is 3.10. The Balaban J connectivity index is 1.54. The molecular formula is C19H18Cl2N6O2S. The summed E-state index contributed by atoms with van der Waals surface area (Å²) in [5, 5.41) is 18.2. The molecule has 0 radical (unpaired) electrons. The molecule has 3 rings (SSSR count). The number of benzene rings is 1. The van der Waals surface area contributed by atoms with Gasteiger partial charge in [0.25, 0.3) is 5.95 Å². The normalized spacial score (nSPS) is 11.0. The lowest BCUT2D eigenvalue weighted by Gasteiger charge is -2.03. The van der Waals surface area contributed by atoms with Gasteiger partial charge >= 0.3 is 0 Å². The monoisotopic (exact) mass is 464 g/mol. The van der Waals surface area contributed by atoms with E-state index in [9.17, 15) is 4.79 Å². The van der Waals surface area contributed by atoms with Gasteiger partial charge in [-0.05, 0) is 60.3 Å². The molecule has 0 saturated heterocycles. The molecule has 0 aliphatic heterocycles. The number of furan rings is 1. The molecule has 0 unspecified atom stereocenters. The van der Waals surface area contributed by atoms with E-state index in [1.54, 1.807) is 30.3 Å². The number of halogens is 2. The van der Waals surface area contributed by atoms with E-state index in [1.165, 1.54) is 16.9 Å². The average Bonchev–Trinajstić information content (AvgIpc) is 3.34. The predicted octanol–water partition coefficient (Wildman–Crippen LogP) is 4.57. The molecule has 11 heteroatoms. The Labute approximate surface area is 188 Å². The molecule has 1 aromatic carbocycles. The number of unbranched alkanes of at least 4 members (excludes halogenated alkanes) is 1. The summed E-state index contributed by atoms with van der Waals surface area (Å²) in [5.74, 6) is 0.820. The van der Waals surface area contributed by atoms with E-state index in [0.717, 1.165) is 12.8 Å². The standard InChI is InChI=1S/C19H18Cl2N6O2S/c1-2-3-10-27-25-18(24-26-27)23-19(30)22-17(28)9-6-13-5-8-16(29-13)14-7-4-12(20)11-15(14)21/h4-9,11H,2-3,10H2,1H3,(H2,22,23,25,28,30)/b9-6+. The van der Waals surface area contributed by atoms with Crippen molar-refractivity contribution in [2.45, 2.75) is 26.3 Å². The highest BCUT2D eigenvalue weighted by Gasteiger charge is 2.09. The van der Waals surface area contributed by atoms with Crippen molar-refractivity contribution in [2.75, 3.05) is 5.32 Å². The molecule has 3 aromatic rings. The third-order valence-electron chi connectivity index (χ3n) is 3.85. The van der Waals surface area contributed by atoms with Crippen molar-refractivity contribution < 1.29 is 9.21 Å². The van der Waals surface area contributed by atoms with Crippen molar-refractivity contribution in [1.82, 2.24) is 25.5 Å². The summed E-state index contributed by atoms with van der Waals surface area (Å²) in [6.45, 7) is 2.74. The highest BCUT2D eigenvalue weighted by atomic mass is 35.5. The maximum absolute atomic E-state index is 12.1. The lowest BCUT2D eigenvalue weighted by atomic mass is 10.2. The molecule has 1 amide bonds. The Morgan fingerprint density at radius 1 is 1.30 bits per heavy atom. The second-order valence-electron chi connectivity index (χ2n) is 6.17. The van der Waals surface area contributed by atoms with E-state index in [0.29, 0.717) is 33.7 Å². The van der Waals surface area contributed by atoms with Crippen LogP contribution in [-0.2, 0) is 11.3 Å². The Kier molecular flexibility index (Phi) is 7.56. The van der Waals surface area contributed by atoms with Crippen molar-refractivity contribution >= 4 is 58.5 Å². The molecule has 0 bridgehead atoms. The number of aryl methyl sites for hydroxylation is 1. The largest absolute Gasteiger partial charge is 0.457 e. The molecule has 0 spiro atoms. The Hall–Kier alpha value is -2.75. The van der Waals surface area contributed by atoms with Crippen LogP contribution in [0.2, 0.25) is 10.0 Å². The van der Waals surface area contributed by atoms with Crippen LogP contribution in [0.3, 0.4) is 0 Å². The van der Waals surface area contributed by atoms with Gasteiger partial charge in [0.15, 0.2) is 5.11 Å². The molecule has 156 valence electrons. The van der Waals surface area contributed by atoms with Gasteiger partial charge in [-0.2, -0.15) is 4.80 Å². The third kappa shape index (κ3) is 6.12. The van der Waals surface area contributed by atoms with E-state index >= 15 is 0 Å². The van der Waals surface area contributed by atoms with Gasteiger partial charge in [0, 0.05) is 16.7 Å². The van der Waals surface area contributed by atoms with E-state index in [-0.39, 0.29) is 11.1 Å². The van der Waals surface area contributed by atoms with Crippen molar-refractivity contribution in [3.8, 4) is 11.3 Å². The van der Waals surface area contributed by atoms with Crippen molar-refractivity contribution in [3.63, 3.8) is 0 Å². The number of carbonyl (C=O) groups excluding carboxylic acids is 1. The van der Waals surface area contributed by atoms with Gasteiger partial charge in [-0.1, -0.05) is 41.6 Å². The van der Waals surface area contributed by atoms with Gasteiger partial charge in [0.2, 0.25) is 5.91 Å². The summed E-state index contributed by atoms with van der Waals surface area (Å²) >= 11 is 17.2. The highest BCUT2D eigenvalue weighted by Crippen LogP contribution is 2.31.